The first-order valence-corrected chi connectivity index (χ1v) is 9.98. The molecule has 4 rings (SSSR count). The number of likely N-dealkylation sites (tertiary alicyclic amines) is 1. The Hall–Kier alpha value is -2.25. The summed E-state index contributed by atoms with van der Waals surface area (Å²) in [5.41, 5.74) is 0.968. The van der Waals surface area contributed by atoms with Crippen LogP contribution in [0.3, 0.4) is 0 Å². The summed E-state index contributed by atoms with van der Waals surface area (Å²) in [5.74, 6) is 1.55. The first kappa shape index (κ1) is 16.2. The van der Waals surface area contributed by atoms with Crippen molar-refractivity contribution in [3.05, 3.63) is 51.2 Å². The van der Waals surface area contributed by atoms with Gasteiger partial charge < -0.3 is 9.32 Å². The summed E-state index contributed by atoms with van der Waals surface area (Å²) in [6.07, 6.45) is 5.24. The van der Waals surface area contributed by atoms with E-state index in [4.69, 9.17) is 4.42 Å². The average molecular weight is 371 g/mol. The number of hydrogen-bond donors (Lipinski definition) is 0. The second kappa shape index (κ2) is 7.33. The number of rotatable bonds is 4. The summed E-state index contributed by atoms with van der Waals surface area (Å²) >= 11 is 3.23. The zero-order valence-corrected chi connectivity index (χ0v) is 15.1. The van der Waals surface area contributed by atoms with Gasteiger partial charge in [-0.15, -0.1) is 21.5 Å². The van der Waals surface area contributed by atoms with Gasteiger partial charge in [-0.1, -0.05) is 6.07 Å². The first-order valence-electron chi connectivity index (χ1n) is 8.16. The van der Waals surface area contributed by atoms with Gasteiger partial charge in [-0.05, 0) is 41.8 Å². The number of nitrogens with zero attached hydrogens (tertiary/aromatic N) is 3. The molecule has 0 bridgehead atoms. The van der Waals surface area contributed by atoms with Crippen molar-refractivity contribution in [3.63, 3.8) is 0 Å². The molecule has 0 N–H and O–H groups in total. The Morgan fingerprint density at radius 1 is 1.24 bits per heavy atom. The minimum absolute atomic E-state index is 0.0661. The van der Waals surface area contributed by atoms with Crippen LogP contribution in [0.5, 0.6) is 0 Å². The molecule has 3 aromatic heterocycles. The average Bonchev–Trinajstić information content (AvgIpc) is 3.42. The van der Waals surface area contributed by atoms with Gasteiger partial charge in [0.25, 0.3) is 0 Å². The summed E-state index contributed by atoms with van der Waals surface area (Å²) in [4.78, 5) is 15.3. The lowest BCUT2D eigenvalue weighted by Crippen LogP contribution is -2.36. The third kappa shape index (κ3) is 3.72. The molecule has 0 unspecified atom stereocenters. The Bertz CT molecular complexity index is 845. The molecule has 1 saturated heterocycles. The number of piperidine rings is 1. The summed E-state index contributed by atoms with van der Waals surface area (Å²) in [7, 11) is 0. The Labute approximate surface area is 153 Å². The Kier molecular flexibility index (Phi) is 4.76. The Morgan fingerprint density at radius 3 is 2.84 bits per heavy atom. The van der Waals surface area contributed by atoms with Crippen LogP contribution in [0.2, 0.25) is 0 Å². The van der Waals surface area contributed by atoms with Crippen molar-refractivity contribution in [3.8, 4) is 11.5 Å². The second-order valence-electron chi connectivity index (χ2n) is 5.91. The molecule has 0 aromatic carbocycles. The molecule has 5 nitrogen and oxygen atoms in total. The van der Waals surface area contributed by atoms with Gasteiger partial charge in [-0.3, -0.25) is 4.79 Å². The number of hydrogen-bond acceptors (Lipinski definition) is 6. The van der Waals surface area contributed by atoms with Crippen LogP contribution < -0.4 is 0 Å². The molecule has 0 atom stereocenters. The fourth-order valence-corrected chi connectivity index (χ4v) is 4.14. The molecule has 0 saturated carbocycles. The topological polar surface area (TPSA) is 59.2 Å². The highest BCUT2D eigenvalue weighted by Crippen LogP contribution is 2.30. The van der Waals surface area contributed by atoms with Gasteiger partial charge in [0.15, 0.2) is 0 Å². The van der Waals surface area contributed by atoms with Crippen molar-refractivity contribution in [1.82, 2.24) is 15.1 Å². The zero-order valence-electron chi connectivity index (χ0n) is 13.5. The zero-order chi connectivity index (χ0) is 17.1. The quantitative estimate of drug-likeness (QED) is 0.642. The van der Waals surface area contributed by atoms with Crippen molar-refractivity contribution in [2.75, 3.05) is 13.1 Å². The molecule has 0 aliphatic carbocycles. The third-order valence-electron chi connectivity index (χ3n) is 4.30. The largest absolute Gasteiger partial charge is 0.420 e. The van der Waals surface area contributed by atoms with Crippen molar-refractivity contribution in [2.45, 2.75) is 18.8 Å². The van der Waals surface area contributed by atoms with Crippen molar-refractivity contribution < 1.29 is 9.21 Å². The number of amides is 1. The predicted octanol–water partition coefficient (Wildman–Crippen LogP) is 4.28. The van der Waals surface area contributed by atoms with Crippen LogP contribution >= 0.6 is 22.7 Å². The van der Waals surface area contributed by atoms with E-state index in [-0.39, 0.29) is 11.8 Å². The predicted molar refractivity (Wildman–Crippen MR) is 99.5 cm³/mol. The van der Waals surface area contributed by atoms with E-state index in [1.165, 1.54) is 0 Å². The van der Waals surface area contributed by atoms with E-state index in [0.29, 0.717) is 24.9 Å². The maximum Gasteiger partial charge on any atom is 0.248 e. The molecule has 3 aromatic rings. The van der Waals surface area contributed by atoms with Crippen LogP contribution in [0, 0.1) is 0 Å². The van der Waals surface area contributed by atoms with E-state index in [2.05, 4.69) is 10.2 Å². The number of carbonyl (C=O) groups is 1. The lowest BCUT2D eigenvalue weighted by molar-refractivity contribution is -0.127. The molecule has 1 aliphatic heterocycles. The van der Waals surface area contributed by atoms with Crippen LogP contribution in [-0.2, 0) is 4.79 Å². The van der Waals surface area contributed by atoms with Crippen LogP contribution in [0.1, 0.15) is 29.5 Å². The molecule has 128 valence electrons. The van der Waals surface area contributed by atoms with Gasteiger partial charge >= 0.3 is 0 Å². The van der Waals surface area contributed by atoms with Crippen molar-refractivity contribution >= 4 is 34.7 Å². The highest BCUT2D eigenvalue weighted by molar-refractivity contribution is 7.10. The first-order chi connectivity index (χ1) is 12.3. The van der Waals surface area contributed by atoms with Crippen LogP contribution in [0.25, 0.3) is 17.5 Å². The molecular formula is C18H17N3O2S2. The van der Waals surface area contributed by atoms with Gasteiger partial charge in [-0.2, -0.15) is 11.3 Å². The van der Waals surface area contributed by atoms with E-state index in [1.54, 1.807) is 28.7 Å². The summed E-state index contributed by atoms with van der Waals surface area (Å²) in [6.45, 7) is 1.43. The third-order valence-corrected chi connectivity index (χ3v) is 5.82. The normalized spacial score (nSPS) is 15.9. The Balaban J connectivity index is 1.34. The van der Waals surface area contributed by atoms with Gasteiger partial charge in [0.2, 0.25) is 17.7 Å². The standard InChI is InChI=1S/C18H17N3O2S2/c22-16(4-3-15-2-1-10-25-15)21-8-5-13(6-9-21)17-19-20-18(23-17)14-7-11-24-12-14/h1-4,7,10-13H,5-6,8-9H2/b4-3+. The van der Waals surface area contributed by atoms with E-state index in [1.807, 2.05) is 45.3 Å². The highest BCUT2D eigenvalue weighted by Gasteiger charge is 2.26. The summed E-state index contributed by atoms with van der Waals surface area (Å²) in [6, 6.07) is 5.96. The fourth-order valence-electron chi connectivity index (χ4n) is 2.89. The van der Waals surface area contributed by atoms with E-state index >= 15 is 0 Å². The summed E-state index contributed by atoms with van der Waals surface area (Å²) < 4.78 is 5.83. The lowest BCUT2D eigenvalue weighted by atomic mass is 9.97. The van der Waals surface area contributed by atoms with E-state index in [0.717, 1.165) is 23.3 Å². The molecule has 7 heteroatoms. The molecule has 1 amide bonds. The van der Waals surface area contributed by atoms with Crippen LogP contribution in [-0.4, -0.2) is 34.1 Å². The van der Waals surface area contributed by atoms with Gasteiger partial charge in [0, 0.05) is 40.9 Å². The van der Waals surface area contributed by atoms with E-state index in [9.17, 15) is 4.79 Å². The lowest BCUT2D eigenvalue weighted by Gasteiger charge is -2.29. The van der Waals surface area contributed by atoms with Gasteiger partial charge in [0.05, 0.1) is 0 Å². The molecule has 1 fully saturated rings. The maximum absolute atomic E-state index is 12.3. The number of aromatic nitrogens is 2. The maximum atomic E-state index is 12.3. The molecule has 25 heavy (non-hydrogen) atoms. The smallest absolute Gasteiger partial charge is 0.248 e. The fraction of sp³-hybridized carbons (Fsp3) is 0.278. The monoisotopic (exact) mass is 371 g/mol. The van der Waals surface area contributed by atoms with Crippen molar-refractivity contribution in [1.29, 1.82) is 0 Å². The molecule has 0 spiro atoms. The van der Waals surface area contributed by atoms with E-state index < -0.39 is 0 Å². The van der Waals surface area contributed by atoms with Gasteiger partial charge in [-0.25, -0.2) is 0 Å². The SMILES string of the molecule is O=C(/C=C/c1cccs1)N1CCC(c2nnc(-c3ccsc3)o2)CC1. The highest BCUT2D eigenvalue weighted by atomic mass is 32.1. The molecule has 4 heterocycles. The number of carbonyl (C=O) groups excluding carboxylic acids is 1. The van der Waals surface area contributed by atoms with Gasteiger partial charge in [0.1, 0.15) is 0 Å². The van der Waals surface area contributed by atoms with Crippen LogP contribution in [0.15, 0.2) is 44.8 Å². The molecular weight excluding hydrogens is 354 g/mol. The minimum atomic E-state index is 0.0661. The molecule has 1 aliphatic rings. The number of thiophene rings is 2. The van der Waals surface area contributed by atoms with Crippen molar-refractivity contribution in [2.24, 2.45) is 0 Å². The minimum Gasteiger partial charge on any atom is -0.420 e. The Morgan fingerprint density at radius 2 is 2.12 bits per heavy atom. The second-order valence-corrected chi connectivity index (χ2v) is 7.67. The van der Waals surface area contributed by atoms with Crippen LogP contribution in [0.4, 0.5) is 0 Å². The molecule has 0 radical (unpaired) electrons. The summed E-state index contributed by atoms with van der Waals surface area (Å²) in [5, 5.41) is 14.3.